The summed E-state index contributed by atoms with van der Waals surface area (Å²) in [7, 11) is -1.03. The first kappa shape index (κ1) is 24.7. The van der Waals surface area contributed by atoms with Crippen molar-refractivity contribution in [3.05, 3.63) is 80.7 Å². The predicted octanol–water partition coefficient (Wildman–Crippen LogP) is 4.76. The fourth-order valence-electron chi connectivity index (χ4n) is 2.69. The molecule has 0 aromatic heterocycles. The van der Waals surface area contributed by atoms with E-state index in [1.54, 1.807) is 42.5 Å². The quantitative estimate of drug-likeness (QED) is 0.228. The number of ether oxygens (including phenoxy) is 2. The van der Waals surface area contributed by atoms with Gasteiger partial charge in [-0.3, -0.25) is 4.79 Å². The third kappa shape index (κ3) is 6.12. The number of nitrogens with zero attached hydrogens (tertiary/aromatic N) is 1. The third-order valence-electron chi connectivity index (χ3n) is 4.27. The van der Waals surface area contributed by atoms with Crippen molar-refractivity contribution in [3.8, 4) is 17.2 Å². The highest BCUT2D eigenvalue weighted by Crippen LogP contribution is 2.36. The van der Waals surface area contributed by atoms with E-state index >= 15 is 0 Å². The first-order chi connectivity index (χ1) is 15.7. The van der Waals surface area contributed by atoms with Gasteiger partial charge in [0.2, 0.25) is 0 Å². The molecule has 0 heterocycles. The Balaban J connectivity index is 1.73. The lowest BCUT2D eigenvalue weighted by Gasteiger charge is -2.11. The Morgan fingerprint density at radius 3 is 2.18 bits per heavy atom. The van der Waals surface area contributed by atoms with Crippen LogP contribution in [-0.4, -0.2) is 34.8 Å². The van der Waals surface area contributed by atoms with Gasteiger partial charge >= 0.3 is 10.1 Å². The number of carbonyl (C=O) groups is 1. The van der Waals surface area contributed by atoms with E-state index in [0.29, 0.717) is 31.6 Å². The van der Waals surface area contributed by atoms with Crippen molar-refractivity contribution in [2.45, 2.75) is 4.90 Å². The van der Waals surface area contributed by atoms with Gasteiger partial charge in [-0.1, -0.05) is 18.2 Å². The Bertz CT molecular complexity index is 1270. The van der Waals surface area contributed by atoms with E-state index in [0.717, 1.165) is 0 Å². The van der Waals surface area contributed by atoms with Gasteiger partial charge in [0.05, 0.1) is 29.4 Å². The summed E-state index contributed by atoms with van der Waals surface area (Å²) >= 11 is 6.63. The van der Waals surface area contributed by atoms with E-state index in [4.69, 9.17) is 13.7 Å². The van der Waals surface area contributed by atoms with Crippen LogP contribution in [-0.2, 0) is 10.1 Å². The Hall–Kier alpha value is -2.89. The summed E-state index contributed by atoms with van der Waals surface area (Å²) in [5, 5.41) is 3.95. The van der Waals surface area contributed by atoms with Crippen molar-refractivity contribution in [3.63, 3.8) is 0 Å². The van der Waals surface area contributed by atoms with E-state index in [9.17, 15) is 13.2 Å². The molecule has 0 atom stereocenters. The second kappa shape index (κ2) is 10.8. The van der Waals surface area contributed by atoms with Crippen molar-refractivity contribution >= 4 is 54.1 Å². The topological polar surface area (TPSA) is 103 Å². The number of halogens is 2. The average Bonchev–Trinajstić information content (AvgIpc) is 2.81. The highest BCUT2D eigenvalue weighted by Gasteiger charge is 2.20. The second-order valence-electron chi connectivity index (χ2n) is 6.43. The maximum atomic E-state index is 12.5. The molecule has 0 bridgehead atoms. The molecule has 3 aromatic rings. The van der Waals surface area contributed by atoms with Gasteiger partial charge in [-0.25, -0.2) is 5.43 Å². The van der Waals surface area contributed by atoms with Gasteiger partial charge in [0.1, 0.15) is 4.90 Å². The fraction of sp³-hybridized carbons (Fsp3) is 0.0909. The largest absolute Gasteiger partial charge is 0.493 e. The summed E-state index contributed by atoms with van der Waals surface area (Å²) in [6.45, 7) is 0. The van der Waals surface area contributed by atoms with Gasteiger partial charge in [-0.05, 0) is 79.9 Å². The van der Waals surface area contributed by atoms with Crippen LogP contribution in [0.1, 0.15) is 15.9 Å². The fourth-order valence-corrected chi connectivity index (χ4v) is 5.27. The molecule has 0 saturated heterocycles. The van der Waals surface area contributed by atoms with Crippen LogP contribution >= 0.6 is 31.9 Å². The zero-order chi connectivity index (χ0) is 24.0. The summed E-state index contributed by atoms with van der Waals surface area (Å²) in [5.74, 6) is 0.566. The molecule has 3 rings (SSSR count). The molecule has 0 aliphatic carbocycles. The van der Waals surface area contributed by atoms with E-state index in [1.165, 1.54) is 38.6 Å². The minimum atomic E-state index is -4.01. The molecule has 172 valence electrons. The molecule has 0 radical (unpaired) electrons. The highest BCUT2D eigenvalue weighted by atomic mass is 79.9. The lowest BCUT2D eigenvalue weighted by Crippen LogP contribution is -2.17. The molecule has 0 aliphatic rings. The number of carbonyl (C=O) groups excluding carboxylic acids is 1. The normalized spacial score (nSPS) is 11.3. The molecule has 1 amide bonds. The Morgan fingerprint density at radius 2 is 1.58 bits per heavy atom. The number of rotatable bonds is 8. The van der Waals surface area contributed by atoms with Gasteiger partial charge in [0, 0.05) is 5.56 Å². The van der Waals surface area contributed by atoms with Gasteiger partial charge in [-0.15, -0.1) is 0 Å². The van der Waals surface area contributed by atoms with Crippen LogP contribution in [0.25, 0.3) is 0 Å². The van der Waals surface area contributed by atoms with Crippen LogP contribution in [0.3, 0.4) is 0 Å². The molecule has 11 heteroatoms. The summed E-state index contributed by atoms with van der Waals surface area (Å²) in [6, 6.07) is 15.8. The van der Waals surface area contributed by atoms with Crippen LogP contribution in [0.15, 0.2) is 79.6 Å². The van der Waals surface area contributed by atoms with Gasteiger partial charge in [0.15, 0.2) is 17.2 Å². The van der Waals surface area contributed by atoms with Crippen LogP contribution in [0.5, 0.6) is 17.2 Å². The summed E-state index contributed by atoms with van der Waals surface area (Å²) in [4.78, 5) is 12.4. The molecule has 0 spiro atoms. The number of methoxy groups -OCH3 is 2. The number of amides is 1. The van der Waals surface area contributed by atoms with Crippen molar-refractivity contribution in [1.29, 1.82) is 0 Å². The maximum absolute atomic E-state index is 12.5. The molecule has 0 unspecified atom stereocenters. The van der Waals surface area contributed by atoms with Gasteiger partial charge in [-0.2, -0.15) is 13.5 Å². The van der Waals surface area contributed by atoms with Crippen LogP contribution < -0.4 is 19.1 Å². The van der Waals surface area contributed by atoms with Gasteiger partial charge in [0.25, 0.3) is 5.91 Å². The summed E-state index contributed by atoms with van der Waals surface area (Å²) < 4.78 is 41.4. The Morgan fingerprint density at radius 1 is 0.939 bits per heavy atom. The second-order valence-corrected chi connectivity index (χ2v) is 9.69. The summed E-state index contributed by atoms with van der Waals surface area (Å²) in [6.07, 6.45) is 1.41. The van der Waals surface area contributed by atoms with Crippen LogP contribution in [0.2, 0.25) is 0 Å². The Kier molecular flexibility index (Phi) is 8.11. The number of benzene rings is 3. The van der Waals surface area contributed by atoms with Crippen molar-refractivity contribution in [1.82, 2.24) is 5.43 Å². The van der Waals surface area contributed by atoms with E-state index in [-0.39, 0.29) is 10.6 Å². The molecule has 0 saturated carbocycles. The Labute approximate surface area is 207 Å². The molecular formula is C22H18Br2N2O6S. The zero-order valence-corrected chi connectivity index (χ0v) is 21.4. The van der Waals surface area contributed by atoms with E-state index in [1.807, 2.05) is 0 Å². The van der Waals surface area contributed by atoms with E-state index in [2.05, 4.69) is 42.4 Å². The van der Waals surface area contributed by atoms with Crippen molar-refractivity contribution in [2.75, 3.05) is 14.2 Å². The van der Waals surface area contributed by atoms with Gasteiger partial charge < -0.3 is 13.7 Å². The third-order valence-corrected chi connectivity index (χ3v) is 6.68. The molecule has 8 nitrogen and oxygen atoms in total. The van der Waals surface area contributed by atoms with Crippen LogP contribution in [0, 0.1) is 0 Å². The molecule has 0 aliphatic heterocycles. The van der Waals surface area contributed by atoms with Crippen molar-refractivity contribution in [2.24, 2.45) is 5.10 Å². The molecule has 0 fully saturated rings. The minimum absolute atomic E-state index is 0.0345. The number of hydrogen-bond donors (Lipinski definition) is 1. The lowest BCUT2D eigenvalue weighted by atomic mass is 10.2. The average molecular weight is 598 g/mol. The summed E-state index contributed by atoms with van der Waals surface area (Å²) in [5.41, 5.74) is 3.34. The molecule has 33 heavy (non-hydrogen) atoms. The predicted molar refractivity (Wildman–Crippen MR) is 131 cm³/mol. The monoisotopic (exact) mass is 596 g/mol. The van der Waals surface area contributed by atoms with Crippen molar-refractivity contribution < 1.29 is 26.9 Å². The van der Waals surface area contributed by atoms with E-state index < -0.39 is 16.0 Å². The standard InChI is InChI=1S/C22H18Br2N2O6S/c1-30-19-9-8-15(12-20(19)31-2)22(27)26-25-13-14-10-17(23)21(18(24)11-14)32-33(28,29)16-6-4-3-5-7-16/h3-13H,1-2H3,(H,26,27)/b25-13+. The highest BCUT2D eigenvalue weighted by molar-refractivity contribution is 9.11. The van der Waals surface area contributed by atoms with Crippen LogP contribution in [0.4, 0.5) is 0 Å². The first-order valence-corrected chi connectivity index (χ1v) is 12.3. The molecule has 1 N–H and O–H groups in total. The first-order valence-electron chi connectivity index (χ1n) is 9.29. The minimum Gasteiger partial charge on any atom is -0.493 e. The molecule has 3 aromatic carbocycles. The maximum Gasteiger partial charge on any atom is 0.339 e. The zero-order valence-electron chi connectivity index (χ0n) is 17.4. The smallest absolute Gasteiger partial charge is 0.339 e. The SMILES string of the molecule is COc1ccc(C(=O)N/N=C/c2cc(Br)c(OS(=O)(=O)c3ccccc3)c(Br)c2)cc1OC. The molecular weight excluding hydrogens is 580 g/mol. The number of hydrazone groups is 1. The lowest BCUT2D eigenvalue weighted by molar-refractivity contribution is 0.0954. The number of nitrogens with one attached hydrogen (secondary N) is 1. The number of hydrogen-bond acceptors (Lipinski definition) is 7.